The lowest BCUT2D eigenvalue weighted by molar-refractivity contribution is 0.284. The van der Waals surface area contributed by atoms with Crippen LogP contribution in [0.1, 0.15) is 18.4 Å². The fraction of sp³-hybridized carbons (Fsp3) is 0.421. The number of H-pyrrole nitrogens is 1. The van der Waals surface area contributed by atoms with E-state index in [1.165, 1.54) is 24.2 Å². The largest absolute Gasteiger partial charge is 0.356 e. The molecule has 1 saturated carbocycles. The van der Waals surface area contributed by atoms with Gasteiger partial charge in [-0.3, -0.25) is 4.98 Å². The minimum atomic E-state index is 0.569. The molecule has 1 fully saturated rings. The normalized spacial score (nSPS) is 19.7. The van der Waals surface area contributed by atoms with Crippen LogP contribution in [0.15, 0.2) is 43.1 Å². The van der Waals surface area contributed by atoms with Crippen molar-refractivity contribution in [2.24, 2.45) is 5.92 Å². The van der Waals surface area contributed by atoms with Gasteiger partial charge in [0.15, 0.2) is 0 Å². The predicted octanol–water partition coefficient (Wildman–Crippen LogP) is 3.35. The van der Waals surface area contributed by atoms with Gasteiger partial charge in [0.1, 0.15) is 17.8 Å². The third-order valence-electron chi connectivity index (χ3n) is 5.11. The first-order valence-electron chi connectivity index (χ1n) is 8.94. The molecule has 4 rings (SSSR count). The van der Waals surface area contributed by atoms with Crippen LogP contribution in [0.5, 0.6) is 0 Å². The van der Waals surface area contributed by atoms with E-state index in [9.17, 15) is 0 Å². The summed E-state index contributed by atoms with van der Waals surface area (Å²) in [4.78, 5) is 18.3. The highest BCUT2D eigenvalue weighted by molar-refractivity contribution is 7.96. The van der Waals surface area contributed by atoms with Crippen molar-refractivity contribution in [1.82, 2.24) is 24.2 Å². The molecular formula is C19H24N6S. The summed E-state index contributed by atoms with van der Waals surface area (Å²) in [5.41, 5.74) is 2.21. The highest BCUT2D eigenvalue weighted by atomic mass is 32.2. The molecule has 0 aliphatic heterocycles. The Kier molecular flexibility index (Phi) is 5.08. The average Bonchev–Trinajstić information content (AvgIpc) is 3.09. The van der Waals surface area contributed by atoms with Crippen molar-refractivity contribution in [1.29, 1.82) is 0 Å². The van der Waals surface area contributed by atoms with Gasteiger partial charge in [0.05, 0.1) is 5.39 Å². The van der Waals surface area contributed by atoms with Gasteiger partial charge >= 0.3 is 0 Å². The minimum Gasteiger partial charge on any atom is -0.356 e. The summed E-state index contributed by atoms with van der Waals surface area (Å²) in [6, 6.07) is 6.78. The van der Waals surface area contributed by atoms with Gasteiger partial charge in [-0.2, -0.15) is 0 Å². The Balaban J connectivity index is 1.26. The predicted molar refractivity (Wildman–Crippen MR) is 107 cm³/mol. The van der Waals surface area contributed by atoms with Crippen molar-refractivity contribution in [3.63, 3.8) is 0 Å². The van der Waals surface area contributed by atoms with Crippen molar-refractivity contribution < 1.29 is 0 Å². The molecule has 136 valence electrons. The molecule has 0 radical (unpaired) electrons. The van der Waals surface area contributed by atoms with Crippen LogP contribution in [0.25, 0.3) is 11.0 Å². The number of aromatic amines is 1. The number of pyridine rings is 1. The first-order chi connectivity index (χ1) is 12.7. The second-order valence-electron chi connectivity index (χ2n) is 6.98. The van der Waals surface area contributed by atoms with E-state index in [-0.39, 0.29) is 0 Å². The third-order valence-corrected chi connectivity index (χ3v) is 6.30. The molecule has 0 spiro atoms. The van der Waals surface area contributed by atoms with E-state index in [1.54, 1.807) is 6.33 Å². The first kappa shape index (κ1) is 17.3. The van der Waals surface area contributed by atoms with Gasteiger partial charge in [-0.15, -0.1) is 0 Å². The SMILES string of the molecule is CN(Cc1ccncc1)SC[C@H]1C[C@@H](N(C)c2ncnc3[nH]ccc23)C1. The molecule has 3 heterocycles. The monoisotopic (exact) mass is 368 g/mol. The Morgan fingerprint density at radius 3 is 2.77 bits per heavy atom. The van der Waals surface area contributed by atoms with Crippen LogP contribution < -0.4 is 4.90 Å². The van der Waals surface area contributed by atoms with E-state index in [0.717, 1.165) is 29.3 Å². The molecule has 0 saturated heterocycles. The number of hydrogen-bond acceptors (Lipinski definition) is 6. The van der Waals surface area contributed by atoms with Crippen LogP contribution in [-0.4, -0.2) is 50.1 Å². The topological polar surface area (TPSA) is 60.9 Å². The number of rotatable bonds is 7. The molecule has 0 atom stereocenters. The van der Waals surface area contributed by atoms with Crippen molar-refractivity contribution in [3.05, 3.63) is 48.7 Å². The Bertz CT molecular complexity index is 845. The molecule has 0 amide bonds. The van der Waals surface area contributed by atoms with E-state index in [2.05, 4.69) is 61.4 Å². The fourth-order valence-electron chi connectivity index (χ4n) is 3.49. The maximum Gasteiger partial charge on any atom is 0.142 e. The van der Waals surface area contributed by atoms with Crippen LogP contribution in [0, 0.1) is 5.92 Å². The van der Waals surface area contributed by atoms with Gasteiger partial charge in [-0.25, -0.2) is 14.3 Å². The van der Waals surface area contributed by atoms with Gasteiger partial charge in [0.2, 0.25) is 0 Å². The number of fused-ring (bicyclic) bond motifs is 1. The van der Waals surface area contributed by atoms with E-state index in [0.29, 0.717) is 6.04 Å². The Morgan fingerprint density at radius 1 is 1.15 bits per heavy atom. The van der Waals surface area contributed by atoms with Crippen LogP contribution in [0.3, 0.4) is 0 Å². The van der Waals surface area contributed by atoms with Crippen LogP contribution >= 0.6 is 11.9 Å². The summed E-state index contributed by atoms with van der Waals surface area (Å²) in [6.07, 6.45) is 9.73. The standard InChI is InChI=1S/C19H24N6S/c1-24(11-14-3-6-20-7-4-14)26-12-15-9-16(10-15)25(2)19-17-5-8-21-18(17)22-13-23-19/h3-8,13,15-16H,9-12H2,1-2H3,(H,21,22,23)/t15-,16+. The van der Waals surface area contributed by atoms with Crippen molar-refractivity contribution in [3.8, 4) is 0 Å². The summed E-state index contributed by atoms with van der Waals surface area (Å²) in [6.45, 7) is 0.954. The van der Waals surface area contributed by atoms with Gasteiger partial charge in [-0.05, 0) is 49.6 Å². The first-order valence-corrected chi connectivity index (χ1v) is 9.89. The minimum absolute atomic E-state index is 0.569. The number of anilines is 1. The van der Waals surface area contributed by atoms with Gasteiger partial charge in [0.25, 0.3) is 0 Å². The highest BCUT2D eigenvalue weighted by Gasteiger charge is 2.33. The second kappa shape index (κ2) is 7.63. The lowest BCUT2D eigenvalue weighted by Gasteiger charge is -2.42. The molecule has 0 aromatic carbocycles. The molecule has 26 heavy (non-hydrogen) atoms. The van der Waals surface area contributed by atoms with Crippen LogP contribution in [0.2, 0.25) is 0 Å². The maximum absolute atomic E-state index is 4.50. The lowest BCUT2D eigenvalue weighted by atomic mass is 9.81. The van der Waals surface area contributed by atoms with Crippen molar-refractivity contribution in [2.45, 2.75) is 25.4 Å². The molecule has 3 aromatic heterocycles. The second-order valence-corrected chi connectivity index (χ2v) is 8.19. The zero-order valence-electron chi connectivity index (χ0n) is 15.2. The van der Waals surface area contributed by atoms with E-state index >= 15 is 0 Å². The number of hydrogen-bond donors (Lipinski definition) is 1. The smallest absolute Gasteiger partial charge is 0.142 e. The number of nitrogens with one attached hydrogen (secondary N) is 1. The van der Waals surface area contributed by atoms with Crippen molar-refractivity contribution >= 4 is 28.8 Å². The maximum atomic E-state index is 4.50. The Morgan fingerprint density at radius 2 is 1.96 bits per heavy atom. The van der Waals surface area contributed by atoms with Gasteiger partial charge in [-0.1, -0.05) is 11.9 Å². The quantitative estimate of drug-likeness (QED) is 0.646. The molecule has 0 bridgehead atoms. The van der Waals surface area contributed by atoms with E-state index in [4.69, 9.17) is 0 Å². The molecule has 1 N–H and O–H groups in total. The van der Waals surface area contributed by atoms with Gasteiger partial charge in [0, 0.05) is 44.0 Å². The molecule has 7 heteroatoms. The summed E-state index contributed by atoms with van der Waals surface area (Å²) in [7, 11) is 4.31. The molecular weight excluding hydrogens is 344 g/mol. The average molecular weight is 369 g/mol. The summed E-state index contributed by atoms with van der Waals surface area (Å²) in [5, 5.41) is 1.10. The van der Waals surface area contributed by atoms with E-state index < -0.39 is 0 Å². The van der Waals surface area contributed by atoms with Crippen molar-refractivity contribution in [2.75, 3.05) is 24.7 Å². The Hall–Kier alpha value is -2.12. The Labute approximate surface area is 158 Å². The summed E-state index contributed by atoms with van der Waals surface area (Å²) >= 11 is 1.93. The molecule has 3 aromatic rings. The third kappa shape index (κ3) is 3.68. The highest BCUT2D eigenvalue weighted by Crippen LogP contribution is 2.37. The lowest BCUT2D eigenvalue weighted by Crippen LogP contribution is -2.44. The number of nitrogens with zero attached hydrogens (tertiary/aromatic N) is 5. The molecule has 0 unspecified atom stereocenters. The zero-order valence-corrected chi connectivity index (χ0v) is 16.0. The zero-order chi connectivity index (χ0) is 17.9. The molecule has 6 nitrogen and oxygen atoms in total. The molecule has 1 aliphatic rings. The number of aromatic nitrogens is 4. The van der Waals surface area contributed by atoms with Gasteiger partial charge < -0.3 is 9.88 Å². The van der Waals surface area contributed by atoms with Crippen LogP contribution in [-0.2, 0) is 6.54 Å². The van der Waals surface area contributed by atoms with E-state index in [1.807, 2.05) is 30.5 Å². The fourth-order valence-corrected chi connectivity index (χ4v) is 4.47. The summed E-state index contributed by atoms with van der Waals surface area (Å²) in [5.74, 6) is 2.98. The molecule has 1 aliphatic carbocycles. The van der Waals surface area contributed by atoms with Crippen LogP contribution in [0.4, 0.5) is 5.82 Å². The summed E-state index contributed by atoms with van der Waals surface area (Å²) < 4.78 is 2.32.